The molecule has 0 aliphatic carbocycles. The van der Waals surface area contributed by atoms with Gasteiger partial charge in [-0.15, -0.1) is 0 Å². The summed E-state index contributed by atoms with van der Waals surface area (Å²) in [6.07, 6.45) is 1.11. The van der Waals surface area contributed by atoms with Crippen molar-refractivity contribution in [2.45, 2.75) is 0 Å². The van der Waals surface area contributed by atoms with E-state index < -0.39 is 5.97 Å². The number of esters is 1. The number of hydrogen-bond donors (Lipinski definition) is 0. The van der Waals surface area contributed by atoms with Crippen LogP contribution >= 0.6 is 15.9 Å². The van der Waals surface area contributed by atoms with Crippen LogP contribution in [-0.2, 0) is 9.53 Å². The number of alkyl halides is 1. The van der Waals surface area contributed by atoms with Crippen molar-refractivity contribution in [3.05, 3.63) is 12.7 Å². The molecule has 0 bridgehead atoms. The van der Waals surface area contributed by atoms with Crippen LogP contribution in [0, 0.1) is 0 Å². The van der Waals surface area contributed by atoms with Crippen molar-refractivity contribution in [1.82, 2.24) is 0 Å². The smallest absolute Gasteiger partial charge is 0.330 e. The second-order valence-electron chi connectivity index (χ2n) is 0.777. The zero-order valence-electron chi connectivity index (χ0n) is 3.69. The van der Waals surface area contributed by atoms with Crippen LogP contribution in [0.3, 0.4) is 0 Å². The fourth-order valence-electron chi connectivity index (χ4n) is 0.113. The van der Waals surface area contributed by atoms with Crippen LogP contribution in [-0.4, -0.2) is 11.5 Å². The lowest BCUT2D eigenvalue weighted by molar-refractivity contribution is -0.135. The molecule has 3 heteroatoms. The molecule has 0 N–H and O–H groups in total. The Morgan fingerprint density at radius 2 is 2.57 bits per heavy atom. The molecule has 0 aliphatic heterocycles. The lowest BCUT2D eigenvalue weighted by Gasteiger charge is -1.89. The minimum absolute atomic E-state index is 0.234. The minimum Gasteiger partial charge on any atom is -0.451 e. The third-order valence-electron chi connectivity index (χ3n) is 0.363. The summed E-state index contributed by atoms with van der Waals surface area (Å²) in [5, 5.41) is 0. The van der Waals surface area contributed by atoms with Gasteiger partial charge >= 0.3 is 5.97 Å². The van der Waals surface area contributed by atoms with Crippen molar-refractivity contribution < 1.29 is 9.53 Å². The fourth-order valence-corrected chi connectivity index (χ4v) is 0.338. The predicted octanol–water partition coefficient (Wildman–Crippen LogP) is 1.07. The van der Waals surface area contributed by atoms with Gasteiger partial charge in [0.15, 0.2) is 0 Å². The quantitative estimate of drug-likeness (QED) is 0.347. The van der Waals surface area contributed by atoms with Crippen LogP contribution in [0.15, 0.2) is 12.7 Å². The molecule has 0 heterocycles. The monoisotopic (exact) mass is 164 g/mol. The van der Waals surface area contributed by atoms with Gasteiger partial charge in [0, 0.05) is 6.08 Å². The molecule has 0 amide bonds. The highest BCUT2D eigenvalue weighted by atomic mass is 79.9. The Morgan fingerprint density at radius 3 is 2.71 bits per heavy atom. The van der Waals surface area contributed by atoms with Gasteiger partial charge in [0.05, 0.1) is 0 Å². The van der Waals surface area contributed by atoms with Crippen LogP contribution < -0.4 is 0 Å². The van der Waals surface area contributed by atoms with Gasteiger partial charge in [-0.2, -0.15) is 0 Å². The second kappa shape index (κ2) is 3.87. The lowest BCUT2D eigenvalue weighted by Crippen LogP contribution is -1.95. The van der Waals surface area contributed by atoms with Crippen LogP contribution in [0.1, 0.15) is 0 Å². The Balaban J connectivity index is 3.17. The van der Waals surface area contributed by atoms with Crippen molar-refractivity contribution in [3.63, 3.8) is 0 Å². The topological polar surface area (TPSA) is 26.3 Å². The summed E-state index contributed by atoms with van der Waals surface area (Å²) in [6.45, 7) is 3.18. The first-order valence-electron chi connectivity index (χ1n) is 1.66. The van der Waals surface area contributed by atoms with E-state index in [-0.39, 0.29) is 5.52 Å². The Hall–Kier alpha value is -0.310. The molecule has 0 radical (unpaired) electrons. The number of ether oxygens (including phenoxy) is 1. The summed E-state index contributed by atoms with van der Waals surface area (Å²) in [7, 11) is 0. The van der Waals surface area contributed by atoms with Crippen molar-refractivity contribution in [1.29, 1.82) is 0 Å². The molecule has 0 fully saturated rings. The zero-order chi connectivity index (χ0) is 5.70. The molecule has 2 nitrogen and oxygen atoms in total. The molecule has 0 saturated carbocycles. The van der Waals surface area contributed by atoms with Crippen molar-refractivity contribution >= 4 is 21.9 Å². The average Bonchev–Trinajstić information content (AvgIpc) is 1.68. The molecule has 0 aliphatic rings. The van der Waals surface area contributed by atoms with Crippen LogP contribution in [0.5, 0.6) is 0 Å². The summed E-state index contributed by atoms with van der Waals surface area (Å²) >= 11 is 2.90. The molecule has 0 aromatic carbocycles. The van der Waals surface area contributed by atoms with Gasteiger partial charge < -0.3 is 4.74 Å². The summed E-state index contributed by atoms with van der Waals surface area (Å²) in [4.78, 5) is 10.0. The van der Waals surface area contributed by atoms with Gasteiger partial charge in [-0.25, -0.2) is 4.79 Å². The predicted molar refractivity (Wildman–Crippen MR) is 30.1 cm³/mol. The number of carbonyl (C=O) groups excluding carboxylic acids is 1. The number of halogens is 1. The molecule has 0 unspecified atom stereocenters. The normalized spacial score (nSPS) is 7.57. The molecule has 0 rings (SSSR count). The first kappa shape index (κ1) is 6.69. The zero-order valence-corrected chi connectivity index (χ0v) is 5.27. The largest absolute Gasteiger partial charge is 0.451 e. The van der Waals surface area contributed by atoms with Gasteiger partial charge in [-0.1, -0.05) is 6.58 Å². The molecular formula is C4H5BrO2. The molecule has 0 saturated heterocycles. The molecule has 0 aromatic heterocycles. The molecule has 0 aromatic rings. The molecule has 0 atom stereocenters. The van der Waals surface area contributed by atoms with Crippen LogP contribution in [0.25, 0.3) is 0 Å². The first-order chi connectivity index (χ1) is 3.31. The summed E-state index contributed by atoms with van der Waals surface area (Å²) < 4.78 is 4.35. The average molecular weight is 165 g/mol. The highest BCUT2D eigenvalue weighted by Crippen LogP contribution is 1.83. The second-order valence-corrected chi connectivity index (χ2v) is 1.23. The van der Waals surface area contributed by atoms with Gasteiger partial charge in [0.1, 0.15) is 5.52 Å². The van der Waals surface area contributed by atoms with Gasteiger partial charge in [0.25, 0.3) is 0 Å². The first-order valence-corrected chi connectivity index (χ1v) is 2.78. The number of hydrogen-bond acceptors (Lipinski definition) is 2. The Kier molecular flexibility index (Phi) is 3.69. The van der Waals surface area contributed by atoms with E-state index in [1.54, 1.807) is 0 Å². The maximum absolute atomic E-state index is 10.0. The number of rotatable bonds is 2. The summed E-state index contributed by atoms with van der Waals surface area (Å²) in [6, 6.07) is 0. The maximum Gasteiger partial charge on any atom is 0.330 e. The highest BCUT2D eigenvalue weighted by Gasteiger charge is 1.87. The fraction of sp³-hybridized carbons (Fsp3) is 0.250. The minimum atomic E-state index is -0.406. The third kappa shape index (κ3) is 3.52. The molecule has 7 heavy (non-hydrogen) atoms. The SMILES string of the molecule is C=CC(=O)OCBr. The van der Waals surface area contributed by atoms with Crippen molar-refractivity contribution in [3.8, 4) is 0 Å². The van der Waals surface area contributed by atoms with Crippen LogP contribution in [0.2, 0.25) is 0 Å². The summed E-state index contributed by atoms with van der Waals surface area (Å²) in [5.74, 6) is -0.406. The van der Waals surface area contributed by atoms with Gasteiger partial charge in [-0.05, 0) is 15.9 Å². The molecule has 0 spiro atoms. The van der Waals surface area contributed by atoms with Crippen LogP contribution in [0.4, 0.5) is 0 Å². The van der Waals surface area contributed by atoms with E-state index >= 15 is 0 Å². The molecule has 40 valence electrons. The van der Waals surface area contributed by atoms with E-state index in [0.29, 0.717) is 0 Å². The van der Waals surface area contributed by atoms with E-state index in [9.17, 15) is 4.79 Å². The molecular weight excluding hydrogens is 160 g/mol. The van der Waals surface area contributed by atoms with E-state index in [1.807, 2.05) is 0 Å². The van der Waals surface area contributed by atoms with Gasteiger partial charge in [-0.3, -0.25) is 0 Å². The van der Waals surface area contributed by atoms with E-state index in [0.717, 1.165) is 6.08 Å². The Bertz CT molecular complexity index is 79.8. The van der Waals surface area contributed by atoms with Crippen molar-refractivity contribution in [2.24, 2.45) is 0 Å². The van der Waals surface area contributed by atoms with Gasteiger partial charge in [0.2, 0.25) is 0 Å². The Labute approximate surface area is 50.3 Å². The van der Waals surface area contributed by atoms with E-state index in [4.69, 9.17) is 0 Å². The maximum atomic E-state index is 10.0. The lowest BCUT2D eigenvalue weighted by atomic mass is 10.7. The Morgan fingerprint density at radius 1 is 2.00 bits per heavy atom. The summed E-state index contributed by atoms with van der Waals surface area (Å²) in [5.41, 5.74) is 0.234. The van der Waals surface area contributed by atoms with Crippen molar-refractivity contribution in [2.75, 3.05) is 5.52 Å². The standard InChI is InChI=1S/C4H5BrO2/c1-2-4(6)7-3-5/h2H,1,3H2. The number of carbonyl (C=O) groups is 1. The van der Waals surface area contributed by atoms with E-state index in [2.05, 4.69) is 27.2 Å². The third-order valence-corrected chi connectivity index (χ3v) is 0.592. The highest BCUT2D eigenvalue weighted by molar-refractivity contribution is 9.09. The van der Waals surface area contributed by atoms with E-state index in [1.165, 1.54) is 0 Å².